The quantitative estimate of drug-likeness (QED) is 0.512. The molecule has 1 atom stereocenters. The minimum absolute atomic E-state index is 0.297. The van der Waals surface area contributed by atoms with Gasteiger partial charge in [0.1, 0.15) is 0 Å². The molecular weight excluding hydrogens is 110 g/mol. The third kappa shape index (κ3) is 2.20. The summed E-state index contributed by atoms with van der Waals surface area (Å²) < 4.78 is 0. The average Bonchev–Trinajstić information content (AvgIpc) is 1.89. The molecule has 0 amide bonds. The number of hydrogen-bond acceptors (Lipinski definition) is 1. The fraction of sp³-hybridized carbons (Fsp3) is 0.625. The summed E-state index contributed by atoms with van der Waals surface area (Å²) in [7, 11) is 0. The highest BCUT2D eigenvalue weighted by Crippen LogP contribution is 2.22. The van der Waals surface area contributed by atoms with Crippen molar-refractivity contribution < 1.29 is 0 Å². The summed E-state index contributed by atoms with van der Waals surface area (Å²) in [5.41, 5.74) is -0.297. The number of rotatable bonds is 2. The van der Waals surface area contributed by atoms with E-state index >= 15 is 0 Å². The van der Waals surface area contributed by atoms with Crippen LogP contribution in [0.25, 0.3) is 0 Å². The molecule has 0 aliphatic heterocycles. The topological polar surface area (TPSA) is 23.8 Å². The lowest BCUT2D eigenvalue weighted by Crippen LogP contribution is -2.10. The fourth-order valence-corrected chi connectivity index (χ4v) is 0.469. The van der Waals surface area contributed by atoms with Crippen molar-refractivity contribution in [1.82, 2.24) is 0 Å². The predicted octanol–water partition coefficient (Wildman–Crippen LogP) is 1.95. The van der Waals surface area contributed by atoms with Gasteiger partial charge in [-0.1, -0.05) is 6.92 Å². The van der Waals surface area contributed by atoms with E-state index in [0.29, 0.717) is 6.42 Å². The molecule has 1 nitrogen and oxygen atoms in total. The molecule has 0 aromatic rings. The summed E-state index contributed by atoms with van der Waals surface area (Å²) in [5.74, 6) is 2.49. The van der Waals surface area contributed by atoms with Crippen LogP contribution in [0.5, 0.6) is 0 Å². The van der Waals surface area contributed by atoms with E-state index in [1.807, 2.05) is 13.8 Å². The monoisotopic (exact) mass is 121 g/mol. The second kappa shape index (κ2) is 3.15. The summed E-state index contributed by atoms with van der Waals surface area (Å²) in [6.45, 7) is 3.85. The Hall–Kier alpha value is -0.950. The Bertz CT molecular complexity index is 158. The first kappa shape index (κ1) is 8.05. The van der Waals surface area contributed by atoms with Gasteiger partial charge in [0.05, 0.1) is 11.5 Å². The maximum Gasteiger partial charge on any atom is 0.0696 e. The maximum absolute atomic E-state index is 8.57. The normalized spacial score (nSPS) is 15.1. The highest BCUT2D eigenvalue weighted by Gasteiger charge is 2.18. The summed E-state index contributed by atoms with van der Waals surface area (Å²) in [5, 5.41) is 8.57. The SMILES string of the molecule is C#CCC(C)(C#N)CC. The number of nitriles is 1. The van der Waals surface area contributed by atoms with Crippen molar-refractivity contribution in [3.63, 3.8) is 0 Å². The van der Waals surface area contributed by atoms with Gasteiger partial charge in [-0.05, 0) is 13.3 Å². The molecule has 48 valence electrons. The molecule has 0 bridgehead atoms. The molecule has 0 saturated carbocycles. The van der Waals surface area contributed by atoms with Gasteiger partial charge < -0.3 is 0 Å². The lowest BCUT2D eigenvalue weighted by Gasteiger charge is -2.14. The van der Waals surface area contributed by atoms with Crippen molar-refractivity contribution in [2.45, 2.75) is 26.7 Å². The zero-order valence-electron chi connectivity index (χ0n) is 5.94. The van der Waals surface area contributed by atoms with E-state index in [2.05, 4.69) is 12.0 Å². The predicted molar refractivity (Wildman–Crippen MR) is 37.5 cm³/mol. The van der Waals surface area contributed by atoms with Gasteiger partial charge in [-0.3, -0.25) is 0 Å². The van der Waals surface area contributed by atoms with E-state index in [-0.39, 0.29) is 5.41 Å². The van der Waals surface area contributed by atoms with Gasteiger partial charge >= 0.3 is 0 Å². The average molecular weight is 121 g/mol. The zero-order chi connectivity index (χ0) is 7.33. The van der Waals surface area contributed by atoms with E-state index in [9.17, 15) is 0 Å². The van der Waals surface area contributed by atoms with Crippen LogP contribution in [0.4, 0.5) is 0 Å². The van der Waals surface area contributed by atoms with Crippen LogP contribution >= 0.6 is 0 Å². The number of nitrogens with zero attached hydrogens (tertiary/aromatic N) is 1. The smallest absolute Gasteiger partial charge is 0.0696 e. The molecule has 0 aliphatic carbocycles. The van der Waals surface area contributed by atoms with Gasteiger partial charge in [-0.25, -0.2) is 0 Å². The number of terminal acetylenes is 1. The molecule has 1 unspecified atom stereocenters. The number of hydrogen-bond donors (Lipinski definition) is 0. The molecule has 0 heterocycles. The van der Waals surface area contributed by atoms with E-state index in [1.165, 1.54) is 0 Å². The van der Waals surface area contributed by atoms with Crippen molar-refractivity contribution >= 4 is 0 Å². The summed E-state index contributed by atoms with van der Waals surface area (Å²) in [6, 6.07) is 2.19. The molecular formula is C8H11N. The van der Waals surface area contributed by atoms with Crippen molar-refractivity contribution in [1.29, 1.82) is 5.26 Å². The lowest BCUT2D eigenvalue weighted by molar-refractivity contribution is 0.439. The van der Waals surface area contributed by atoms with Crippen molar-refractivity contribution in [2.24, 2.45) is 5.41 Å². The first-order valence-corrected chi connectivity index (χ1v) is 3.03. The molecule has 0 radical (unpaired) electrons. The van der Waals surface area contributed by atoms with Gasteiger partial charge in [0.2, 0.25) is 0 Å². The Morgan fingerprint density at radius 1 is 1.67 bits per heavy atom. The first-order valence-electron chi connectivity index (χ1n) is 3.03. The highest BCUT2D eigenvalue weighted by atomic mass is 14.3. The minimum atomic E-state index is -0.297. The van der Waals surface area contributed by atoms with Crippen molar-refractivity contribution in [3.8, 4) is 18.4 Å². The Balaban J connectivity index is 4.01. The first-order chi connectivity index (χ1) is 4.18. The molecule has 0 aliphatic rings. The third-order valence-electron chi connectivity index (χ3n) is 1.54. The zero-order valence-corrected chi connectivity index (χ0v) is 5.94. The Kier molecular flexibility index (Phi) is 2.82. The summed E-state index contributed by atoms with van der Waals surface area (Å²) in [6.07, 6.45) is 6.45. The molecule has 0 spiro atoms. The van der Waals surface area contributed by atoms with Gasteiger partial charge in [-0.15, -0.1) is 12.3 Å². The van der Waals surface area contributed by atoms with Gasteiger partial charge in [0.25, 0.3) is 0 Å². The lowest BCUT2D eigenvalue weighted by atomic mass is 9.86. The van der Waals surface area contributed by atoms with Crippen LogP contribution in [0.15, 0.2) is 0 Å². The van der Waals surface area contributed by atoms with Crippen molar-refractivity contribution in [2.75, 3.05) is 0 Å². The van der Waals surface area contributed by atoms with E-state index in [0.717, 1.165) is 6.42 Å². The van der Waals surface area contributed by atoms with Gasteiger partial charge in [-0.2, -0.15) is 5.26 Å². The summed E-state index contributed by atoms with van der Waals surface area (Å²) in [4.78, 5) is 0. The van der Waals surface area contributed by atoms with E-state index in [1.54, 1.807) is 0 Å². The molecule has 0 saturated heterocycles. The summed E-state index contributed by atoms with van der Waals surface area (Å²) >= 11 is 0. The second-order valence-corrected chi connectivity index (χ2v) is 2.41. The van der Waals surface area contributed by atoms with Crippen LogP contribution < -0.4 is 0 Å². The largest absolute Gasteiger partial charge is 0.198 e. The van der Waals surface area contributed by atoms with Crippen LogP contribution in [0.2, 0.25) is 0 Å². The Morgan fingerprint density at radius 3 is 2.33 bits per heavy atom. The van der Waals surface area contributed by atoms with Crippen LogP contribution in [0.1, 0.15) is 26.7 Å². The molecule has 0 aromatic heterocycles. The van der Waals surface area contributed by atoms with Crippen LogP contribution in [-0.2, 0) is 0 Å². The third-order valence-corrected chi connectivity index (χ3v) is 1.54. The minimum Gasteiger partial charge on any atom is -0.198 e. The molecule has 1 heteroatoms. The van der Waals surface area contributed by atoms with E-state index < -0.39 is 0 Å². The molecule has 0 N–H and O–H groups in total. The van der Waals surface area contributed by atoms with Crippen molar-refractivity contribution in [3.05, 3.63) is 0 Å². The standard InChI is InChI=1S/C8H11N/c1-4-6-8(3,5-2)7-9/h1H,5-6H2,2-3H3. The highest BCUT2D eigenvalue weighted by molar-refractivity contribution is 5.03. The molecule has 0 aromatic carbocycles. The van der Waals surface area contributed by atoms with Crippen LogP contribution in [0.3, 0.4) is 0 Å². The Morgan fingerprint density at radius 2 is 2.22 bits per heavy atom. The second-order valence-electron chi connectivity index (χ2n) is 2.41. The maximum atomic E-state index is 8.57. The molecule has 0 rings (SSSR count). The Labute approximate surface area is 56.7 Å². The van der Waals surface area contributed by atoms with Crippen LogP contribution in [-0.4, -0.2) is 0 Å². The fourth-order valence-electron chi connectivity index (χ4n) is 0.469. The molecule has 9 heavy (non-hydrogen) atoms. The van der Waals surface area contributed by atoms with Crippen LogP contribution in [0, 0.1) is 29.1 Å². The van der Waals surface area contributed by atoms with Gasteiger partial charge in [0.15, 0.2) is 0 Å². The van der Waals surface area contributed by atoms with Gasteiger partial charge in [0, 0.05) is 6.42 Å². The van der Waals surface area contributed by atoms with E-state index in [4.69, 9.17) is 11.7 Å². The molecule has 0 fully saturated rings.